The van der Waals surface area contributed by atoms with Crippen molar-refractivity contribution in [1.82, 2.24) is 4.31 Å². The normalized spacial score (nSPS) is 19.0. The van der Waals surface area contributed by atoms with Gasteiger partial charge in [-0.1, -0.05) is 29.8 Å². The van der Waals surface area contributed by atoms with E-state index in [2.05, 4.69) is 0 Å². The van der Waals surface area contributed by atoms with Crippen LogP contribution in [0.1, 0.15) is 6.42 Å². The maximum absolute atomic E-state index is 13.2. The molecule has 0 aliphatic carbocycles. The molecule has 23 heavy (non-hydrogen) atoms. The van der Waals surface area contributed by atoms with Crippen LogP contribution in [0, 0.1) is 5.82 Å². The minimum absolute atomic E-state index is 0.0908. The Morgan fingerprint density at radius 3 is 2.70 bits per heavy atom. The van der Waals surface area contributed by atoms with Crippen LogP contribution in [-0.2, 0) is 10.0 Å². The summed E-state index contributed by atoms with van der Waals surface area (Å²) in [5, 5.41) is 0.196. The molecule has 0 N–H and O–H groups in total. The molecule has 4 nitrogen and oxygen atoms in total. The lowest BCUT2D eigenvalue weighted by Crippen LogP contribution is -2.31. The average Bonchev–Trinajstić information content (AvgIpc) is 2.97. The van der Waals surface area contributed by atoms with Gasteiger partial charge in [-0.3, -0.25) is 0 Å². The quantitative estimate of drug-likeness (QED) is 0.845. The molecule has 1 aliphatic rings. The highest BCUT2D eigenvalue weighted by molar-refractivity contribution is 7.89. The summed E-state index contributed by atoms with van der Waals surface area (Å²) in [4.78, 5) is 0.0908. The maximum atomic E-state index is 13.2. The van der Waals surface area contributed by atoms with Gasteiger partial charge in [0.15, 0.2) is 0 Å². The van der Waals surface area contributed by atoms with Crippen LogP contribution in [0.15, 0.2) is 53.4 Å². The van der Waals surface area contributed by atoms with Gasteiger partial charge in [0.25, 0.3) is 0 Å². The molecule has 7 heteroatoms. The van der Waals surface area contributed by atoms with Gasteiger partial charge in [0.05, 0.1) is 11.6 Å². The van der Waals surface area contributed by atoms with Crippen LogP contribution in [0.2, 0.25) is 5.02 Å². The first kappa shape index (κ1) is 16.2. The summed E-state index contributed by atoms with van der Waals surface area (Å²) >= 11 is 5.99. The third kappa shape index (κ3) is 3.49. The van der Waals surface area contributed by atoms with Gasteiger partial charge in [-0.2, -0.15) is 4.31 Å². The zero-order valence-electron chi connectivity index (χ0n) is 12.2. The Kier molecular flexibility index (Phi) is 4.57. The van der Waals surface area contributed by atoms with Crippen LogP contribution in [-0.4, -0.2) is 31.9 Å². The van der Waals surface area contributed by atoms with Crippen molar-refractivity contribution in [3.05, 3.63) is 59.4 Å². The fraction of sp³-hybridized carbons (Fsp3) is 0.250. The Hall–Kier alpha value is -1.63. The van der Waals surface area contributed by atoms with Crippen LogP contribution in [0.25, 0.3) is 0 Å². The molecule has 0 bridgehead atoms. The zero-order chi connectivity index (χ0) is 16.4. The Morgan fingerprint density at radius 2 is 1.96 bits per heavy atom. The summed E-state index contributed by atoms with van der Waals surface area (Å²) < 4.78 is 45.5. The SMILES string of the molecule is O=S(=O)(c1ccccc1Cl)N1CCC(Oc2cccc(F)c2)C1. The fourth-order valence-corrected chi connectivity index (χ4v) is 4.52. The molecule has 1 saturated heterocycles. The summed E-state index contributed by atoms with van der Waals surface area (Å²) in [7, 11) is -3.66. The number of hydrogen-bond acceptors (Lipinski definition) is 3. The molecular weight excluding hydrogens is 341 g/mol. The highest BCUT2D eigenvalue weighted by atomic mass is 35.5. The van der Waals surface area contributed by atoms with Crippen molar-refractivity contribution < 1.29 is 17.5 Å². The minimum atomic E-state index is -3.66. The standard InChI is InChI=1S/C16H15ClFNO3S/c17-15-6-1-2-7-16(15)23(20,21)19-9-8-14(11-19)22-13-5-3-4-12(18)10-13/h1-7,10,14H,8-9,11H2. The van der Waals surface area contributed by atoms with E-state index in [1.807, 2.05) is 0 Å². The summed E-state index contributed by atoms with van der Waals surface area (Å²) in [6.45, 7) is 0.553. The van der Waals surface area contributed by atoms with Crippen molar-refractivity contribution in [2.75, 3.05) is 13.1 Å². The minimum Gasteiger partial charge on any atom is -0.489 e. The molecule has 0 aromatic heterocycles. The number of sulfonamides is 1. The van der Waals surface area contributed by atoms with Gasteiger partial charge in [0.1, 0.15) is 22.6 Å². The lowest BCUT2D eigenvalue weighted by Gasteiger charge is -2.18. The van der Waals surface area contributed by atoms with Crippen LogP contribution < -0.4 is 4.74 Å². The highest BCUT2D eigenvalue weighted by Gasteiger charge is 2.34. The van der Waals surface area contributed by atoms with E-state index in [-0.39, 0.29) is 28.4 Å². The second-order valence-corrected chi connectivity index (χ2v) is 7.59. The fourth-order valence-electron chi connectivity index (χ4n) is 2.54. The Labute approximate surface area is 139 Å². The maximum Gasteiger partial charge on any atom is 0.244 e. The zero-order valence-corrected chi connectivity index (χ0v) is 13.7. The topological polar surface area (TPSA) is 46.6 Å². The van der Waals surface area contributed by atoms with Crippen molar-refractivity contribution >= 4 is 21.6 Å². The predicted molar refractivity (Wildman–Crippen MR) is 85.6 cm³/mol. The number of benzene rings is 2. The third-order valence-corrected chi connectivity index (χ3v) is 6.03. The molecule has 1 atom stereocenters. The van der Waals surface area contributed by atoms with Crippen molar-refractivity contribution in [3.8, 4) is 5.75 Å². The summed E-state index contributed by atoms with van der Waals surface area (Å²) in [5.41, 5.74) is 0. The van der Waals surface area contributed by atoms with Crippen LogP contribution in [0.5, 0.6) is 5.75 Å². The second-order valence-electron chi connectivity index (χ2n) is 5.28. The predicted octanol–water partition coefficient (Wildman–Crippen LogP) is 3.32. The first-order chi connectivity index (χ1) is 11.0. The molecule has 0 radical (unpaired) electrons. The van der Waals surface area contributed by atoms with Gasteiger partial charge in [0, 0.05) is 12.6 Å². The van der Waals surface area contributed by atoms with Crippen molar-refractivity contribution in [3.63, 3.8) is 0 Å². The largest absolute Gasteiger partial charge is 0.489 e. The number of halogens is 2. The summed E-state index contributed by atoms with van der Waals surface area (Å²) in [6, 6.07) is 12.2. The van der Waals surface area contributed by atoms with E-state index in [1.54, 1.807) is 30.3 Å². The Balaban J connectivity index is 1.73. The molecule has 1 heterocycles. The monoisotopic (exact) mass is 355 g/mol. The van der Waals surface area contributed by atoms with E-state index in [4.69, 9.17) is 16.3 Å². The van der Waals surface area contributed by atoms with E-state index in [0.717, 1.165) is 0 Å². The van der Waals surface area contributed by atoms with Crippen molar-refractivity contribution in [2.45, 2.75) is 17.4 Å². The first-order valence-electron chi connectivity index (χ1n) is 7.14. The number of ether oxygens (including phenoxy) is 1. The van der Waals surface area contributed by atoms with E-state index in [0.29, 0.717) is 18.7 Å². The molecular formula is C16H15ClFNO3S. The van der Waals surface area contributed by atoms with Gasteiger partial charge in [-0.25, -0.2) is 12.8 Å². The highest BCUT2D eigenvalue weighted by Crippen LogP contribution is 2.28. The molecule has 2 aromatic rings. The number of nitrogens with zero attached hydrogens (tertiary/aromatic N) is 1. The second kappa shape index (κ2) is 6.47. The molecule has 1 fully saturated rings. The van der Waals surface area contributed by atoms with Crippen LogP contribution in [0.4, 0.5) is 4.39 Å². The third-order valence-electron chi connectivity index (χ3n) is 3.66. The van der Waals surface area contributed by atoms with E-state index in [9.17, 15) is 12.8 Å². The number of rotatable bonds is 4. The average molecular weight is 356 g/mol. The molecule has 0 spiro atoms. The summed E-state index contributed by atoms with van der Waals surface area (Å²) in [6.07, 6.45) is 0.231. The Morgan fingerprint density at radius 1 is 1.17 bits per heavy atom. The lowest BCUT2D eigenvalue weighted by molar-refractivity contribution is 0.214. The molecule has 1 aliphatic heterocycles. The van der Waals surface area contributed by atoms with E-state index < -0.39 is 10.0 Å². The van der Waals surface area contributed by atoms with E-state index >= 15 is 0 Å². The van der Waals surface area contributed by atoms with Crippen LogP contribution >= 0.6 is 11.6 Å². The number of hydrogen-bond donors (Lipinski definition) is 0. The Bertz CT molecular complexity index is 812. The van der Waals surface area contributed by atoms with Crippen LogP contribution in [0.3, 0.4) is 0 Å². The molecule has 122 valence electrons. The first-order valence-corrected chi connectivity index (χ1v) is 8.95. The van der Waals surface area contributed by atoms with Gasteiger partial charge in [-0.15, -0.1) is 0 Å². The van der Waals surface area contributed by atoms with E-state index in [1.165, 1.54) is 22.5 Å². The molecule has 1 unspecified atom stereocenters. The van der Waals surface area contributed by atoms with Gasteiger partial charge < -0.3 is 4.74 Å². The van der Waals surface area contributed by atoms with Crippen molar-refractivity contribution in [2.24, 2.45) is 0 Å². The lowest BCUT2D eigenvalue weighted by atomic mass is 10.3. The molecule has 3 rings (SSSR count). The summed E-state index contributed by atoms with van der Waals surface area (Å²) in [5.74, 6) is 0.00744. The molecule has 0 saturated carbocycles. The van der Waals surface area contributed by atoms with Gasteiger partial charge in [-0.05, 0) is 30.7 Å². The molecule has 2 aromatic carbocycles. The van der Waals surface area contributed by atoms with Gasteiger partial charge >= 0.3 is 0 Å². The smallest absolute Gasteiger partial charge is 0.244 e. The van der Waals surface area contributed by atoms with Gasteiger partial charge in [0.2, 0.25) is 10.0 Å². The molecule has 0 amide bonds. The van der Waals surface area contributed by atoms with Crippen molar-refractivity contribution in [1.29, 1.82) is 0 Å².